The normalized spacial score (nSPS) is 16.4. The summed E-state index contributed by atoms with van der Waals surface area (Å²) in [5.41, 5.74) is 3.84. The average molecular weight is 368 g/mol. The highest BCUT2D eigenvalue weighted by molar-refractivity contribution is 5.57. The van der Waals surface area contributed by atoms with Gasteiger partial charge in [0.25, 0.3) is 0 Å². The van der Waals surface area contributed by atoms with Crippen LogP contribution in [0.1, 0.15) is 16.7 Å². The van der Waals surface area contributed by atoms with Crippen molar-refractivity contribution in [1.82, 2.24) is 10.2 Å². The highest BCUT2D eigenvalue weighted by Gasteiger charge is 2.18. The van der Waals surface area contributed by atoms with Crippen LogP contribution in [0.5, 0.6) is 5.75 Å². The van der Waals surface area contributed by atoms with Crippen molar-refractivity contribution in [1.29, 1.82) is 0 Å². The number of fused-ring (bicyclic) bond motifs is 1. The summed E-state index contributed by atoms with van der Waals surface area (Å²) in [5, 5.41) is 13.5. The second kappa shape index (κ2) is 9.65. The van der Waals surface area contributed by atoms with Gasteiger partial charge in [0.15, 0.2) is 12.4 Å². The molecular formula is C22H28N2O3. The van der Waals surface area contributed by atoms with Crippen LogP contribution in [0.15, 0.2) is 48.5 Å². The number of hydrogen-bond donors (Lipinski definition) is 2. The van der Waals surface area contributed by atoms with Gasteiger partial charge in [0.05, 0.1) is 6.10 Å². The van der Waals surface area contributed by atoms with E-state index in [1.165, 1.54) is 11.1 Å². The number of β-amino-alcohol motifs (C(OH)–C–C–N with tert-alkyl or cyclic N) is 1. The molecule has 1 aliphatic rings. The molecule has 144 valence electrons. The van der Waals surface area contributed by atoms with Crippen LogP contribution in [0, 0.1) is 6.92 Å². The van der Waals surface area contributed by atoms with Crippen LogP contribution in [0.4, 0.5) is 0 Å². The smallest absolute Gasteiger partial charge is 0.166 e. The van der Waals surface area contributed by atoms with Crippen molar-refractivity contribution in [2.24, 2.45) is 0 Å². The van der Waals surface area contributed by atoms with Gasteiger partial charge in [-0.05, 0) is 42.2 Å². The van der Waals surface area contributed by atoms with Crippen LogP contribution >= 0.6 is 0 Å². The van der Waals surface area contributed by atoms with Crippen molar-refractivity contribution in [2.45, 2.75) is 32.1 Å². The minimum Gasteiger partial charge on any atom is -0.482 e. The minimum atomic E-state index is -0.569. The van der Waals surface area contributed by atoms with Gasteiger partial charge in [0.1, 0.15) is 5.75 Å². The SMILES string of the molecule is Cc1cccc(OC(C=O)CNCC(O)CN2CCc3ccccc3C2)c1. The molecule has 2 N–H and O–H groups in total. The number of nitrogens with one attached hydrogen (secondary N) is 1. The molecule has 1 aliphatic heterocycles. The van der Waals surface area contributed by atoms with E-state index in [0.717, 1.165) is 31.4 Å². The van der Waals surface area contributed by atoms with E-state index in [-0.39, 0.29) is 0 Å². The molecule has 2 atom stereocenters. The van der Waals surface area contributed by atoms with E-state index in [1.54, 1.807) is 0 Å². The summed E-state index contributed by atoms with van der Waals surface area (Å²) in [5.74, 6) is 0.682. The van der Waals surface area contributed by atoms with Crippen molar-refractivity contribution in [3.05, 3.63) is 65.2 Å². The summed E-state index contributed by atoms with van der Waals surface area (Å²) in [7, 11) is 0. The predicted octanol–water partition coefficient (Wildman–Crippen LogP) is 1.95. The Balaban J connectivity index is 1.40. The first-order valence-electron chi connectivity index (χ1n) is 9.50. The minimum absolute atomic E-state index is 0.372. The zero-order valence-electron chi connectivity index (χ0n) is 15.8. The number of rotatable bonds is 9. The van der Waals surface area contributed by atoms with Crippen molar-refractivity contribution in [3.8, 4) is 5.75 Å². The number of ether oxygens (including phenoxy) is 1. The monoisotopic (exact) mass is 368 g/mol. The van der Waals surface area contributed by atoms with Gasteiger partial charge in [-0.1, -0.05) is 36.4 Å². The molecule has 5 nitrogen and oxygen atoms in total. The first kappa shape index (κ1) is 19.5. The van der Waals surface area contributed by atoms with E-state index in [0.29, 0.717) is 25.4 Å². The number of hydrogen-bond acceptors (Lipinski definition) is 5. The number of carbonyl (C=O) groups is 1. The molecule has 0 radical (unpaired) electrons. The third-order valence-electron chi connectivity index (χ3n) is 4.83. The number of nitrogens with zero attached hydrogens (tertiary/aromatic N) is 1. The van der Waals surface area contributed by atoms with Gasteiger partial charge >= 0.3 is 0 Å². The maximum absolute atomic E-state index is 11.3. The summed E-state index contributed by atoms with van der Waals surface area (Å²) in [4.78, 5) is 13.5. The number of aryl methyl sites for hydroxylation is 1. The molecule has 2 unspecified atom stereocenters. The molecule has 3 rings (SSSR count). The lowest BCUT2D eigenvalue weighted by atomic mass is 10.00. The van der Waals surface area contributed by atoms with Gasteiger partial charge in [-0.25, -0.2) is 0 Å². The molecule has 2 aromatic carbocycles. The number of benzene rings is 2. The maximum Gasteiger partial charge on any atom is 0.166 e. The van der Waals surface area contributed by atoms with Crippen LogP contribution in [0.25, 0.3) is 0 Å². The molecule has 0 amide bonds. The number of aldehydes is 1. The zero-order chi connectivity index (χ0) is 19.1. The summed E-state index contributed by atoms with van der Waals surface area (Å²) in [6.45, 7) is 5.24. The molecular weight excluding hydrogens is 340 g/mol. The molecule has 2 aromatic rings. The molecule has 27 heavy (non-hydrogen) atoms. The van der Waals surface area contributed by atoms with E-state index in [2.05, 4.69) is 34.5 Å². The summed E-state index contributed by atoms with van der Waals surface area (Å²) in [6, 6.07) is 16.1. The lowest BCUT2D eigenvalue weighted by molar-refractivity contribution is -0.113. The molecule has 0 spiro atoms. The molecule has 5 heteroatoms. The molecule has 0 fully saturated rings. The second-order valence-corrected chi connectivity index (χ2v) is 7.17. The van der Waals surface area contributed by atoms with Gasteiger partial charge in [-0.3, -0.25) is 9.69 Å². The maximum atomic E-state index is 11.3. The summed E-state index contributed by atoms with van der Waals surface area (Å²) < 4.78 is 5.69. The Morgan fingerprint density at radius 3 is 2.78 bits per heavy atom. The fraction of sp³-hybridized carbons (Fsp3) is 0.409. The standard InChI is InChI=1S/C22H28N2O3/c1-17-5-4-8-21(11-17)27-22(16-25)13-23-12-20(26)15-24-10-9-18-6-2-3-7-19(18)14-24/h2-8,11,16,20,22-23,26H,9-10,12-15H2,1H3. The number of carbonyl (C=O) groups excluding carboxylic acids is 1. The molecule has 0 bridgehead atoms. The Morgan fingerprint density at radius 2 is 2.00 bits per heavy atom. The Kier molecular flexibility index (Phi) is 6.98. The van der Waals surface area contributed by atoms with E-state index in [9.17, 15) is 9.90 Å². The number of aliphatic hydroxyl groups is 1. The van der Waals surface area contributed by atoms with Crippen molar-refractivity contribution >= 4 is 6.29 Å². The Bertz CT molecular complexity index is 750. The largest absolute Gasteiger partial charge is 0.482 e. The van der Waals surface area contributed by atoms with Crippen molar-refractivity contribution in [2.75, 3.05) is 26.2 Å². The van der Waals surface area contributed by atoms with Crippen molar-refractivity contribution < 1.29 is 14.6 Å². The number of aliphatic hydroxyl groups excluding tert-OH is 1. The fourth-order valence-electron chi connectivity index (χ4n) is 3.45. The van der Waals surface area contributed by atoms with E-state index < -0.39 is 12.2 Å². The third kappa shape index (κ3) is 5.89. The van der Waals surface area contributed by atoms with Crippen LogP contribution in [-0.2, 0) is 17.8 Å². The molecule has 0 aromatic heterocycles. The van der Waals surface area contributed by atoms with Crippen LogP contribution in [0.2, 0.25) is 0 Å². The molecule has 0 saturated heterocycles. The lowest BCUT2D eigenvalue weighted by Crippen LogP contribution is -2.43. The Labute approximate surface area is 161 Å². The first-order valence-corrected chi connectivity index (χ1v) is 9.50. The molecule has 0 aliphatic carbocycles. The summed E-state index contributed by atoms with van der Waals surface area (Å²) in [6.07, 6.45) is 0.763. The molecule has 1 heterocycles. The molecule has 0 saturated carbocycles. The Morgan fingerprint density at radius 1 is 1.19 bits per heavy atom. The second-order valence-electron chi connectivity index (χ2n) is 7.17. The van der Waals surface area contributed by atoms with Gasteiger partial charge in [-0.15, -0.1) is 0 Å². The third-order valence-corrected chi connectivity index (χ3v) is 4.83. The fourth-order valence-corrected chi connectivity index (χ4v) is 3.45. The van der Waals surface area contributed by atoms with Gasteiger partial charge < -0.3 is 15.2 Å². The van der Waals surface area contributed by atoms with Gasteiger partial charge in [0, 0.05) is 32.7 Å². The lowest BCUT2D eigenvalue weighted by Gasteiger charge is -2.30. The van der Waals surface area contributed by atoms with Crippen molar-refractivity contribution in [3.63, 3.8) is 0 Å². The highest BCUT2D eigenvalue weighted by Crippen LogP contribution is 2.18. The van der Waals surface area contributed by atoms with E-state index in [4.69, 9.17) is 4.74 Å². The summed E-state index contributed by atoms with van der Waals surface area (Å²) >= 11 is 0. The van der Waals surface area contributed by atoms with Gasteiger partial charge in [0.2, 0.25) is 0 Å². The topological polar surface area (TPSA) is 61.8 Å². The quantitative estimate of drug-likeness (QED) is 0.663. The zero-order valence-corrected chi connectivity index (χ0v) is 15.8. The van der Waals surface area contributed by atoms with Crippen LogP contribution < -0.4 is 10.1 Å². The predicted molar refractivity (Wildman–Crippen MR) is 106 cm³/mol. The van der Waals surface area contributed by atoms with E-state index >= 15 is 0 Å². The van der Waals surface area contributed by atoms with Crippen LogP contribution in [-0.4, -0.2) is 54.7 Å². The Hall–Kier alpha value is -2.21. The average Bonchev–Trinajstić information content (AvgIpc) is 2.67. The van der Waals surface area contributed by atoms with E-state index in [1.807, 2.05) is 31.2 Å². The van der Waals surface area contributed by atoms with Gasteiger partial charge in [-0.2, -0.15) is 0 Å². The van der Waals surface area contributed by atoms with Crippen LogP contribution in [0.3, 0.4) is 0 Å². The first-order chi connectivity index (χ1) is 13.1. The highest BCUT2D eigenvalue weighted by atomic mass is 16.5.